The van der Waals surface area contributed by atoms with Crippen LogP contribution in [-0.4, -0.2) is 43.5 Å². The van der Waals surface area contributed by atoms with Crippen LogP contribution in [0.3, 0.4) is 0 Å². The van der Waals surface area contributed by atoms with Gasteiger partial charge in [0, 0.05) is 6.54 Å². The largest absolute Gasteiger partial charge is 0.460 e. The Morgan fingerprint density at radius 3 is 2.69 bits per heavy atom. The Morgan fingerprint density at radius 2 is 2.19 bits per heavy atom. The summed E-state index contributed by atoms with van der Waals surface area (Å²) in [5.74, 6) is -0.269. The summed E-state index contributed by atoms with van der Waals surface area (Å²) in [6, 6.07) is -0.289. The number of nitrogens with one attached hydrogen (secondary N) is 1. The Bertz CT molecular complexity index is 240. The van der Waals surface area contributed by atoms with E-state index in [4.69, 9.17) is 9.47 Å². The van der Waals surface area contributed by atoms with Crippen molar-refractivity contribution in [3.63, 3.8) is 0 Å². The monoisotopic (exact) mass is 233 g/mol. The van der Waals surface area contributed by atoms with Crippen LogP contribution in [0.1, 0.15) is 27.2 Å². The Kier molecular flexibility index (Phi) is 4.68. The van der Waals surface area contributed by atoms with Crippen molar-refractivity contribution in [1.82, 2.24) is 5.32 Å². The van der Waals surface area contributed by atoms with Crippen molar-refractivity contribution in [2.24, 2.45) is 0 Å². The van der Waals surface area contributed by atoms with E-state index in [0.717, 1.165) is 0 Å². The molecule has 1 aliphatic rings. The molecule has 0 aliphatic carbocycles. The number of rotatable bonds is 4. The van der Waals surface area contributed by atoms with E-state index in [-0.39, 0.29) is 25.0 Å². The number of hydrogen-bond acceptors (Lipinski definition) is 4. The first-order valence-corrected chi connectivity index (χ1v) is 5.55. The van der Waals surface area contributed by atoms with Crippen molar-refractivity contribution >= 4 is 5.97 Å². The van der Waals surface area contributed by atoms with Crippen molar-refractivity contribution in [2.45, 2.75) is 45.0 Å². The molecule has 0 aromatic carbocycles. The van der Waals surface area contributed by atoms with E-state index in [1.807, 2.05) is 20.8 Å². The summed E-state index contributed by atoms with van der Waals surface area (Å²) in [5, 5.41) is 2.95. The van der Waals surface area contributed by atoms with Crippen LogP contribution >= 0.6 is 0 Å². The molecule has 0 saturated carbocycles. The lowest BCUT2D eigenvalue weighted by atomic mass is 10.2. The second-order valence-electron chi connectivity index (χ2n) is 4.95. The number of hydrogen-bond donors (Lipinski definition) is 1. The van der Waals surface area contributed by atoms with Crippen LogP contribution in [0.2, 0.25) is 0 Å². The second kappa shape index (κ2) is 5.59. The van der Waals surface area contributed by atoms with Crippen molar-refractivity contribution in [3.8, 4) is 0 Å². The van der Waals surface area contributed by atoms with Gasteiger partial charge in [-0.25, -0.2) is 4.39 Å². The van der Waals surface area contributed by atoms with E-state index in [0.29, 0.717) is 13.2 Å². The van der Waals surface area contributed by atoms with Gasteiger partial charge in [0.05, 0.1) is 25.7 Å². The van der Waals surface area contributed by atoms with Gasteiger partial charge in [-0.3, -0.25) is 4.79 Å². The van der Waals surface area contributed by atoms with Crippen molar-refractivity contribution in [1.29, 1.82) is 0 Å². The van der Waals surface area contributed by atoms with Gasteiger partial charge in [0.2, 0.25) is 0 Å². The molecule has 1 heterocycles. The van der Waals surface area contributed by atoms with E-state index in [2.05, 4.69) is 5.32 Å². The van der Waals surface area contributed by atoms with Crippen molar-refractivity contribution in [3.05, 3.63) is 0 Å². The molecule has 1 aliphatic heterocycles. The lowest BCUT2D eigenvalue weighted by molar-refractivity contribution is -0.154. The lowest BCUT2D eigenvalue weighted by Crippen LogP contribution is -2.38. The van der Waals surface area contributed by atoms with Crippen LogP contribution in [0.4, 0.5) is 4.39 Å². The molecule has 94 valence electrons. The van der Waals surface area contributed by atoms with Gasteiger partial charge in [0.1, 0.15) is 11.8 Å². The maximum absolute atomic E-state index is 13.1. The van der Waals surface area contributed by atoms with Gasteiger partial charge >= 0.3 is 5.97 Å². The molecule has 0 spiro atoms. The highest BCUT2D eigenvalue weighted by atomic mass is 19.1. The standard InChI is InChI=1S/C11H20FNO3/c1-11(2,3)16-10(14)4-5-13-9-7-15-6-8(9)12/h8-9,13H,4-7H2,1-3H3/t8-,9-/m1/s1. The molecule has 1 fully saturated rings. The van der Waals surface area contributed by atoms with E-state index in [9.17, 15) is 9.18 Å². The van der Waals surface area contributed by atoms with Gasteiger partial charge < -0.3 is 14.8 Å². The summed E-state index contributed by atoms with van der Waals surface area (Å²) in [4.78, 5) is 11.3. The highest BCUT2D eigenvalue weighted by Gasteiger charge is 2.27. The van der Waals surface area contributed by atoms with Gasteiger partial charge in [-0.05, 0) is 20.8 Å². The summed E-state index contributed by atoms with van der Waals surface area (Å²) in [5.41, 5.74) is -0.462. The van der Waals surface area contributed by atoms with Gasteiger partial charge in [0.15, 0.2) is 0 Å². The third-order valence-electron chi connectivity index (χ3n) is 2.17. The van der Waals surface area contributed by atoms with Gasteiger partial charge in [-0.15, -0.1) is 0 Å². The van der Waals surface area contributed by atoms with Gasteiger partial charge in [0.25, 0.3) is 0 Å². The SMILES string of the molecule is CC(C)(C)OC(=O)CCN[C@@H]1COC[C@H]1F. The predicted molar refractivity (Wildman–Crippen MR) is 58.0 cm³/mol. The van der Waals surface area contributed by atoms with Crippen LogP contribution in [0.25, 0.3) is 0 Å². The molecule has 5 heteroatoms. The predicted octanol–water partition coefficient (Wildman–Crippen LogP) is 1.04. The quantitative estimate of drug-likeness (QED) is 0.737. The molecule has 1 N–H and O–H groups in total. The molecular formula is C11H20FNO3. The van der Waals surface area contributed by atoms with E-state index in [1.54, 1.807) is 0 Å². The van der Waals surface area contributed by atoms with E-state index in [1.165, 1.54) is 0 Å². The Balaban J connectivity index is 2.13. The number of carbonyl (C=O) groups excluding carboxylic acids is 1. The Hall–Kier alpha value is -0.680. The molecule has 4 nitrogen and oxygen atoms in total. The molecule has 0 radical (unpaired) electrons. The van der Waals surface area contributed by atoms with E-state index < -0.39 is 11.8 Å². The summed E-state index contributed by atoms with van der Waals surface area (Å²) in [6.07, 6.45) is -0.723. The fourth-order valence-electron chi connectivity index (χ4n) is 1.47. The fourth-order valence-corrected chi connectivity index (χ4v) is 1.47. The topological polar surface area (TPSA) is 47.6 Å². The zero-order valence-corrected chi connectivity index (χ0v) is 10.1. The average molecular weight is 233 g/mol. The minimum Gasteiger partial charge on any atom is -0.460 e. The summed E-state index contributed by atoms with van der Waals surface area (Å²) in [7, 11) is 0. The third-order valence-corrected chi connectivity index (χ3v) is 2.17. The smallest absolute Gasteiger partial charge is 0.307 e. The molecule has 1 rings (SSSR count). The first-order valence-electron chi connectivity index (χ1n) is 5.55. The van der Waals surface area contributed by atoms with Crippen LogP contribution in [-0.2, 0) is 14.3 Å². The normalized spacial score (nSPS) is 25.8. The van der Waals surface area contributed by atoms with E-state index >= 15 is 0 Å². The number of halogens is 1. The van der Waals surface area contributed by atoms with Crippen LogP contribution < -0.4 is 5.32 Å². The number of alkyl halides is 1. The molecular weight excluding hydrogens is 213 g/mol. The molecule has 0 bridgehead atoms. The Morgan fingerprint density at radius 1 is 1.50 bits per heavy atom. The molecule has 1 saturated heterocycles. The van der Waals surface area contributed by atoms with Crippen LogP contribution in [0, 0.1) is 0 Å². The zero-order chi connectivity index (χ0) is 12.2. The lowest BCUT2D eigenvalue weighted by Gasteiger charge is -2.20. The number of ether oxygens (including phenoxy) is 2. The molecule has 0 amide bonds. The number of carbonyl (C=O) groups is 1. The molecule has 2 atom stereocenters. The first kappa shape index (κ1) is 13.4. The third kappa shape index (κ3) is 4.90. The summed E-state index contributed by atoms with van der Waals surface area (Å²) in [6.45, 7) is 6.39. The van der Waals surface area contributed by atoms with Gasteiger partial charge in [-0.2, -0.15) is 0 Å². The maximum atomic E-state index is 13.1. The minimum atomic E-state index is -0.973. The Labute approximate surface area is 95.5 Å². The average Bonchev–Trinajstić information content (AvgIpc) is 2.48. The summed E-state index contributed by atoms with van der Waals surface area (Å²) >= 11 is 0. The number of esters is 1. The first-order chi connectivity index (χ1) is 7.38. The van der Waals surface area contributed by atoms with Crippen molar-refractivity contribution < 1.29 is 18.7 Å². The molecule has 0 aromatic rings. The second-order valence-corrected chi connectivity index (χ2v) is 4.95. The molecule has 0 aromatic heterocycles. The minimum absolute atomic E-state index is 0.143. The summed E-state index contributed by atoms with van der Waals surface area (Å²) < 4.78 is 23.2. The maximum Gasteiger partial charge on any atom is 0.307 e. The molecule has 16 heavy (non-hydrogen) atoms. The van der Waals surface area contributed by atoms with Crippen LogP contribution in [0.5, 0.6) is 0 Å². The van der Waals surface area contributed by atoms with Crippen LogP contribution in [0.15, 0.2) is 0 Å². The van der Waals surface area contributed by atoms with Crippen molar-refractivity contribution in [2.75, 3.05) is 19.8 Å². The fraction of sp³-hybridized carbons (Fsp3) is 0.909. The molecule has 0 unspecified atom stereocenters. The van der Waals surface area contributed by atoms with Gasteiger partial charge in [-0.1, -0.05) is 0 Å². The highest BCUT2D eigenvalue weighted by Crippen LogP contribution is 2.10. The zero-order valence-electron chi connectivity index (χ0n) is 10.1. The highest BCUT2D eigenvalue weighted by molar-refractivity contribution is 5.70.